The number of carbonyl (C=O) groups is 2. The molecule has 2 heterocycles. The highest BCUT2D eigenvalue weighted by molar-refractivity contribution is 5.76. The van der Waals surface area contributed by atoms with E-state index in [0.717, 1.165) is 31.4 Å². The molecule has 1 aliphatic carbocycles. The maximum Gasteiger partial charge on any atom is 0.317 e. The van der Waals surface area contributed by atoms with Gasteiger partial charge in [-0.1, -0.05) is 25.0 Å². The molecular formula is C22H38N6O4. The van der Waals surface area contributed by atoms with Gasteiger partial charge in [0.05, 0.1) is 31.6 Å². The lowest BCUT2D eigenvalue weighted by atomic mass is 10.0. The van der Waals surface area contributed by atoms with E-state index in [1.165, 1.54) is 0 Å². The lowest BCUT2D eigenvalue weighted by molar-refractivity contribution is -0.136. The van der Waals surface area contributed by atoms with Gasteiger partial charge < -0.3 is 25.0 Å². The molecule has 2 bridgehead atoms. The minimum Gasteiger partial charge on any atom is -0.394 e. The van der Waals surface area contributed by atoms with E-state index in [1.807, 2.05) is 20.0 Å². The van der Waals surface area contributed by atoms with Crippen molar-refractivity contribution in [2.24, 2.45) is 5.92 Å². The molecule has 32 heavy (non-hydrogen) atoms. The van der Waals surface area contributed by atoms with Crippen LogP contribution in [0.1, 0.15) is 58.1 Å². The molecule has 1 aromatic rings. The van der Waals surface area contributed by atoms with Crippen molar-refractivity contribution < 1.29 is 19.4 Å². The summed E-state index contributed by atoms with van der Waals surface area (Å²) in [6, 6.07) is -0.133. The topological polar surface area (TPSA) is 113 Å². The molecule has 0 spiro atoms. The van der Waals surface area contributed by atoms with Gasteiger partial charge in [0.15, 0.2) is 0 Å². The van der Waals surface area contributed by atoms with Crippen LogP contribution in [0, 0.1) is 5.92 Å². The summed E-state index contributed by atoms with van der Waals surface area (Å²) < 4.78 is 7.94. The normalized spacial score (nSPS) is 24.4. The highest BCUT2D eigenvalue weighted by Crippen LogP contribution is 2.19. The number of likely N-dealkylation sites (N-methyl/N-ethyl adjacent to an activating group) is 1. The van der Waals surface area contributed by atoms with Crippen molar-refractivity contribution in [3.8, 4) is 0 Å². The first-order chi connectivity index (χ1) is 15.4. The quantitative estimate of drug-likeness (QED) is 0.701. The number of ether oxygens (including phenoxy) is 1. The second-order valence-corrected chi connectivity index (χ2v) is 9.29. The fourth-order valence-corrected chi connectivity index (χ4v) is 4.40. The summed E-state index contributed by atoms with van der Waals surface area (Å²) in [4.78, 5) is 29.0. The van der Waals surface area contributed by atoms with E-state index in [4.69, 9.17) is 4.74 Å². The highest BCUT2D eigenvalue weighted by atomic mass is 16.5. The zero-order chi connectivity index (χ0) is 23.1. The van der Waals surface area contributed by atoms with Crippen molar-refractivity contribution in [2.45, 2.75) is 83.7 Å². The van der Waals surface area contributed by atoms with Crippen LogP contribution in [-0.2, 0) is 22.7 Å². The molecule has 3 rings (SSSR count). The van der Waals surface area contributed by atoms with Crippen molar-refractivity contribution in [2.75, 3.05) is 26.7 Å². The number of hydrogen-bond acceptors (Lipinski definition) is 6. The summed E-state index contributed by atoms with van der Waals surface area (Å²) in [5.74, 6) is -0.0467. The predicted molar refractivity (Wildman–Crippen MR) is 119 cm³/mol. The number of hydrogen-bond donors (Lipinski definition) is 2. The summed E-state index contributed by atoms with van der Waals surface area (Å²) >= 11 is 0. The second-order valence-electron chi connectivity index (χ2n) is 9.29. The molecule has 3 amide bonds. The summed E-state index contributed by atoms with van der Waals surface area (Å²) in [7, 11) is 1.77. The molecule has 10 nitrogen and oxygen atoms in total. The minimum absolute atomic E-state index is 0.00377. The van der Waals surface area contributed by atoms with Gasteiger partial charge in [-0.3, -0.25) is 9.48 Å². The molecule has 0 aromatic carbocycles. The number of nitrogens with one attached hydrogen (secondary N) is 1. The first-order valence-electron chi connectivity index (χ1n) is 11.8. The maximum atomic E-state index is 12.9. The van der Waals surface area contributed by atoms with Gasteiger partial charge >= 0.3 is 6.03 Å². The molecule has 1 saturated carbocycles. The first-order valence-corrected chi connectivity index (χ1v) is 11.8. The van der Waals surface area contributed by atoms with Crippen LogP contribution in [0.5, 0.6) is 0 Å². The Balaban J connectivity index is 1.72. The molecule has 0 radical (unpaired) electrons. The van der Waals surface area contributed by atoms with E-state index in [-0.39, 0.29) is 49.3 Å². The number of amides is 3. The third-order valence-corrected chi connectivity index (χ3v) is 6.53. The fraction of sp³-hybridized carbons (Fsp3) is 0.818. The Hall–Kier alpha value is -2.20. The minimum atomic E-state index is -0.304. The summed E-state index contributed by atoms with van der Waals surface area (Å²) in [5, 5.41) is 21.1. The van der Waals surface area contributed by atoms with E-state index in [0.29, 0.717) is 32.5 Å². The lowest BCUT2D eigenvalue weighted by Crippen LogP contribution is -2.49. The number of urea groups is 1. The van der Waals surface area contributed by atoms with Crippen molar-refractivity contribution in [3.05, 3.63) is 11.9 Å². The molecule has 0 saturated heterocycles. The Morgan fingerprint density at radius 1 is 1.38 bits per heavy atom. The van der Waals surface area contributed by atoms with Gasteiger partial charge in [0.2, 0.25) is 5.91 Å². The van der Waals surface area contributed by atoms with E-state index in [2.05, 4.69) is 15.6 Å². The van der Waals surface area contributed by atoms with Crippen LogP contribution < -0.4 is 5.32 Å². The van der Waals surface area contributed by atoms with E-state index in [1.54, 1.807) is 21.5 Å². The number of nitrogens with zero attached hydrogens (tertiary/aromatic N) is 5. The van der Waals surface area contributed by atoms with Crippen LogP contribution in [0.2, 0.25) is 0 Å². The number of aryl methyl sites for hydroxylation is 1. The molecule has 2 N–H and O–H groups in total. The number of rotatable bonds is 5. The average molecular weight is 451 g/mol. The SMILES string of the molecule is C[C@H](CO)N1C[C@H](C)[C@H](CN(C)C(=O)NC2CCCC2)OCc2cn(nn2)CCCC1=O. The summed E-state index contributed by atoms with van der Waals surface area (Å²) in [5.41, 5.74) is 0.728. The first kappa shape index (κ1) is 24.4. The third-order valence-electron chi connectivity index (χ3n) is 6.53. The Labute approximate surface area is 190 Å². The van der Waals surface area contributed by atoms with Crippen LogP contribution in [0.25, 0.3) is 0 Å². The number of aliphatic hydroxyl groups is 1. The van der Waals surface area contributed by atoms with Crippen molar-refractivity contribution in [1.82, 2.24) is 30.1 Å². The zero-order valence-electron chi connectivity index (χ0n) is 19.6. The van der Waals surface area contributed by atoms with Crippen LogP contribution in [0.3, 0.4) is 0 Å². The van der Waals surface area contributed by atoms with Gasteiger partial charge in [-0.25, -0.2) is 4.79 Å². The van der Waals surface area contributed by atoms with Gasteiger partial charge in [-0.2, -0.15) is 0 Å². The Kier molecular flexibility index (Phi) is 8.86. The molecule has 3 atom stereocenters. The Morgan fingerprint density at radius 3 is 2.84 bits per heavy atom. The van der Waals surface area contributed by atoms with Crippen molar-refractivity contribution >= 4 is 11.9 Å². The average Bonchev–Trinajstić information content (AvgIpc) is 3.45. The van der Waals surface area contributed by atoms with Crippen molar-refractivity contribution in [3.63, 3.8) is 0 Å². The fourth-order valence-electron chi connectivity index (χ4n) is 4.40. The standard InChI is InChI=1S/C22H38N6O4/c1-16-11-28(17(2)14-29)21(30)9-6-10-27-12-19(24-25-27)15-32-20(16)13-26(3)22(31)23-18-7-4-5-8-18/h12,16-18,20,29H,4-11,13-15H2,1-3H3,(H,23,31)/t16-,17+,20-/m0/s1. The Morgan fingerprint density at radius 2 is 2.12 bits per heavy atom. The predicted octanol–water partition coefficient (Wildman–Crippen LogP) is 1.39. The van der Waals surface area contributed by atoms with E-state index >= 15 is 0 Å². The molecule has 1 fully saturated rings. The van der Waals surface area contributed by atoms with E-state index in [9.17, 15) is 14.7 Å². The smallest absolute Gasteiger partial charge is 0.317 e. The number of carbonyl (C=O) groups excluding carboxylic acids is 2. The maximum absolute atomic E-state index is 12.9. The zero-order valence-corrected chi connectivity index (χ0v) is 19.6. The molecule has 180 valence electrons. The van der Waals surface area contributed by atoms with Crippen LogP contribution in [0.15, 0.2) is 6.20 Å². The molecule has 1 aromatic heterocycles. The number of fused-ring (bicyclic) bond motifs is 2. The monoisotopic (exact) mass is 450 g/mol. The van der Waals surface area contributed by atoms with Crippen molar-refractivity contribution in [1.29, 1.82) is 0 Å². The Bertz CT molecular complexity index is 751. The highest BCUT2D eigenvalue weighted by Gasteiger charge is 2.29. The molecular weight excluding hydrogens is 412 g/mol. The van der Waals surface area contributed by atoms with Gasteiger partial charge in [-0.15, -0.1) is 5.10 Å². The lowest BCUT2D eigenvalue weighted by Gasteiger charge is -2.35. The molecule has 10 heteroatoms. The van der Waals surface area contributed by atoms with Crippen LogP contribution >= 0.6 is 0 Å². The largest absolute Gasteiger partial charge is 0.394 e. The third kappa shape index (κ3) is 6.65. The van der Waals surface area contributed by atoms with Crippen LogP contribution in [-0.4, -0.2) is 86.8 Å². The van der Waals surface area contributed by atoms with Gasteiger partial charge in [0.25, 0.3) is 0 Å². The second kappa shape index (κ2) is 11.6. The molecule has 2 aliphatic rings. The van der Waals surface area contributed by atoms with Gasteiger partial charge in [-0.05, 0) is 26.2 Å². The van der Waals surface area contributed by atoms with E-state index < -0.39 is 0 Å². The molecule has 0 unspecified atom stereocenters. The summed E-state index contributed by atoms with van der Waals surface area (Å²) in [6.07, 6.45) is 6.94. The summed E-state index contributed by atoms with van der Waals surface area (Å²) in [6.45, 7) is 5.51. The van der Waals surface area contributed by atoms with Gasteiger partial charge in [0, 0.05) is 45.1 Å². The number of aliphatic hydroxyl groups excluding tert-OH is 1. The van der Waals surface area contributed by atoms with Gasteiger partial charge in [0.1, 0.15) is 5.69 Å². The number of aromatic nitrogens is 3. The molecule has 1 aliphatic heterocycles. The van der Waals surface area contributed by atoms with Crippen LogP contribution in [0.4, 0.5) is 4.79 Å².